The number of carbonyl (C=O) groups is 1. The van der Waals surface area contributed by atoms with Crippen molar-refractivity contribution in [2.75, 3.05) is 12.3 Å². The van der Waals surface area contributed by atoms with E-state index in [-0.39, 0.29) is 5.91 Å². The smallest absolute Gasteiger partial charge is 0.268 e. The summed E-state index contributed by atoms with van der Waals surface area (Å²) in [5.74, 6) is 0.467. The van der Waals surface area contributed by atoms with Crippen LogP contribution in [0.25, 0.3) is 11.1 Å². The second-order valence-electron chi connectivity index (χ2n) is 6.05. The van der Waals surface area contributed by atoms with Gasteiger partial charge in [-0.2, -0.15) is 0 Å². The van der Waals surface area contributed by atoms with Crippen LogP contribution in [-0.2, 0) is 0 Å². The number of aromatic nitrogens is 1. The van der Waals surface area contributed by atoms with Gasteiger partial charge in [-0.25, -0.2) is 0 Å². The third-order valence-corrected chi connectivity index (χ3v) is 4.29. The lowest BCUT2D eigenvalue weighted by atomic mass is 10.0. The van der Waals surface area contributed by atoms with E-state index in [2.05, 4.69) is 30.7 Å². The van der Waals surface area contributed by atoms with Crippen LogP contribution in [0.1, 0.15) is 36.1 Å². The Morgan fingerprint density at radius 2 is 2.10 bits per heavy atom. The van der Waals surface area contributed by atoms with Crippen molar-refractivity contribution >= 4 is 11.6 Å². The average molecular weight is 283 g/mol. The summed E-state index contributed by atoms with van der Waals surface area (Å²) in [4.78, 5) is 12.2. The first-order valence-electron chi connectivity index (χ1n) is 7.35. The maximum Gasteiger partial charge on any atom is 0.268 e. The summed E-state index contributed by atoms with van der Waals surface area (Å²) in [5, 5.41) is 2.99. The first-order chi connectivity index (χ1) is 9.99. The lowest BCUT2D eigenvalue weighted by Gasteiger charge is -2.30. The summed E-state index contributed by atoms with van der Waals surface area (Å²) >= 11 is 0. The summed E-state index contributed by atoms with van der Waals surface area (Å²) < 4.78 is 2.18. The summed E-state index contributed by atoms with van der Waals surface area (Å²) in [5.41, 5.74) is 10.6. The number of hydrogen-bond acceptors (Lipinski definition) is 2. The van der Waals surface area contributed by atoms with Crippen molar-refractivity contribution in [1.29, 1.82) is 0 Å². The molecule has 4 nitrogen and oxygen atoms in total. The number of nitrogen functional groups attached to an aromatic ring is 1. The van der Waals surface area contributed by atoms with Crippen molar-refractivity contribution in [2.24, 2.45) is 5.92 Å². The molecule has 4 heteroatoms. The Kier molecular flexibility index (Phi) is 3.24. The second-order valence-corrected chi connectivity index (χ2v) is 6.05. The number of anilines is 1. The number of benzene rings is 1. The minimum absolute atomic E-state index is 0.00477. The molecule has 0 saturated carbocycles. The Hall–Kier alpha value is -2.23. The predicted octanol–water partition coefficient (Wildman–Crippen LogP) is 2.99. The summed E-state index contributed by atoms with van der Waals surface area (Å²) in [6, 6.07) is 10.1. The van der Waals surface area contributed by atoms with E-state index in [1.807, 2.05) is 30.3 Å². The molecular formula is C17H21N3O. The molecule has 1 aliphatic rings. The van der Waals surface area contributed by atoms with Crippen LogP contribution in [0.4, 0.5) is 5.69 Å². The van der Waals surface area contributed by atoms with Gasteiger partial charge in [0.25, 0.3) is 5.91 Å². The molecule has 2 heterocycles. The molecule has 21 heavy (non-hydrogen) atoms. The monoisotopic (exact) mass is 283 g/mol. The van der Waals surface area contributed by atoms with Crippen LogP contribution in [-0.4, -0.2) is 17.0 Å². The third kappa shape index (κ3) is 2.20. The van der Waals surface area contributed by atoms with Crippen molar-refractivity contribution in [3.63, 3.8) is 0 Å². The van der Waals surface area contributed by atoms with Gasteiger partial charge >= 0.3 is 0 Å². The van der Waals surface area contributed by atoms with E-state index in [9.17, 15) is 4.79 Å². The first-order valence-corrected chi connectivity index (χ1v) is 7.35. The van der Waals surface area contributed by atoms with Gasteiger partial charge in [-0.05, 0) is 36.6 Å². The highest BCUT2D eigenvalue weighted by Gasteiger charge is 2.30. The molecule has 0 fully saturated rings. The number of carbonyl (C=O) groups excluding carboxylic acids is 1. The van der Waals surface area contributed by atoms with E-state index < -0.39 is 0 Å². The minimum Gasteiger partial charge on any atom is -0.399 e. The van der Waals surface area contributed by atoms with E-state index in [1.165, 1.54) is 0 Å². The molecule has 1 amide bonds. The van der Waals surface area contributed by atoms with Crippen LogP contribution < -0.4 is 11.1 Å². The number of fused-ring (bicyclic) bond motifs is 1. The molecule has 0 radical (unpaired) electrons. The quantitative estimate of drug-likeness (QED) is 0.832. The maximum absolute atomic E-state index is 12.2. The fourth-order valence-corrected chi connectivity index (χ4v) is 3.13. The van der Waals surface area contributed by atoms with Gasteiger partial charge in [0.15, 0.2) is 0 Å². The summed E-state index contributed by atoms with van der Waals surface area (Å²) in [6.07, 6.45) is 0. The fourth-order valence-electron chi connectivity index (χ4n) is 3.13. The molecule has 0 saturated heterocycles. The second kappa shape index (κ2) is 4.95. The molecule has 1 aromatic carbocycles. The molecule has 0 bridgehead atoms. The van der Waals surface area contributed by atoms with E-state index in [4.69, 9.17) is 5.73 Å². The zero-order valence-electron chi connectivity index (χ0n) is 12.7. The largest absolute Gasteiger partial charge is 0.399 e. The van der Waals surface area contributed by atoms with Gasteiger partial charge in [0, 0.05) is 23.5 Å². The number of rotatable bonds is 2. The van der Waals surface area contributed by atoms with Gasteiger partial charge in [0.2, 0.25) is 0 Å². The molecule has 1 atom stereocenters. The van der Waals surface area contributed by atoms with Crippen LogP contribution in [0, 0.1) is 12.8 Å². The van der Waals surface area contributed by atoms with Crippen LogP contribution in [0.15, 0.2) is 30.3 Å². The Balaban J connectivity index is 2.18. The Bertz CT molecular complexity index is 700. The lowest BCUT2D eigenvalue weighted by molar-refractivity contribution is 0.0904. The van der Waals surface area contributed by atoms with Crippen LogP contribution in [0.5, 0.6) is 0 Å². The van der Waals surface area contributed by atoms with Crippen LogP contribution >= 0.6 is 0 Å². The highest BCUT2D eigenvalue weighted by atomic mass is 16.2. The van der Waals surface area contributed by atoms with Crippen molar-refractivity contribution < 1.29 is 4.79 Å². The van der Waals surface area contributed by atoms with Crippen LogP contribution in [0.2, 0.25) is 0 Å². The molecular weight excluding hydrogens is 262 g/mol. The summed E-state index contributed by atoms with van der Waals surface area (Å²) in [7, 11) is 0. The molecule has 3 N–H and O–H groups in total. The van der Waals surface area contributed by atoms with Gasteiger partial charge < -0.3 is 15.6 Å². The van der Waals surface area contributed by atoms with Crippen molar-refractivity contribution in [3.05, 3.63) is 41.7 Å². The Labute approximate surface area is 125 Å². The van der Waals surface area contributed by atoms with Gasteiger partial charge in [0.1, 0.15) is 5.69 Å². The minimum atomic E-state index is 0.00477. The highest BCUT2D eigenvalue weighted by Crippen LogP contribution is 2.34. The molecule has 0 spiro atoms. The molecule has 1 aromatic heterocycles. The molecule has 110 valence electrons. The number of nitrogens with one attached hydrogen (secondary N) is 1. The normalized spacial score (nSPS) is 17.7. The van der Waals surface area contributed by atoms with E-state index in [0.717, 1.165) is 28.2 Å². The van der Waals surface area contributed by atoms with Gasteiger partial charge in [-0.3, -0.25) is 4.79 Å². The third-order valence-electron chi connectivity index (χ3n) is 4.29. The molecule has 3 rings (SSSR count). The van der Waals surface area contributed by atoms with Gasteiger partial charge in [-0.1, -0.05) is 26.0 Å². The molecule has 0 aliphatic carbocycles. The zero-order chi connectivity index (χ0) is 15.1. The standard InChI is InChI=1S/C17H21N3O/c1-10(2)16-9-19-17(21)15-8-14(11(3)20(15)16)12-5-4-6-13(18)7-12/h4-8,10,16H,9,18H2,1-3H3,(H,19,21)/t16-/m1/s1. The van der Waals surface area contributed by atoms with Crippen LogP contribution in [0.3, 0.4) is 0 Å². The SMILES string of the molecule is Cc1c(-c2cccc(N)c2)cc2n1[C@@H](C(C)C)CNC2=O. The average Bonchev–Trinajstić information content (AvgIpc) is 2.78. The van der Waals surface area contributed by atoms with Crippen molar-refractivity contribution in [3.8, 4) is 11.1 Å². The molecule has 0 unspecified atom stereocenters. The highest BCUT2D eigenvalue weighted by molar-refractivity contribution is 5.95. The lowest BCUT2D eigenvalue weighted by Crippen LogP contribution is -2.41. The maximum atomic E-state index is 12.2. The van der Waals surface area contributed by atoms with E-state index >= 15 is 0 Å². The molecule has 1 aliphatic heterocycles. The van der Waals surface area contributed by atoms with E-state index in [1.54, 1.807) is 0 Å². The molecule has 2 aromatic rings. The topological polar surface area (TPSA) is 60.0 Å². The number of nitrogens with zero attached hydrogens (tertiary/aromatic N) is 1. The van der Waals surface area contributed by atoms with Gasteiger partial charge in [-0.15, -0.1) is 0 Å². The summed E-state index contributed by atoms with van der Waals surface area (Å²) in [6.45, 7) is 7.14. The Morgan fingerprint density at radius 3 is 2.76 bits per heavy atom. The number of amides is 1. The van der Waals surface area contributed by atoms with Crippen molar-refractivity contribution in [1.82, 2.24) is 9.88 Å². The predicted molar refractivity (Wildman–Crippen MR) is 85.2 cm³/mol. The van der Waals surface area contributed by atoms with Gasteiger partial charge in [0.05, 0.1) is 6.04 Å². The fraction of sp³-hybridized carbons (Fsp3) is 0.353. The van der Waals surface area contributed by atoms with Crippen molar-refractivity contribution in [2.45, 2.75) is 26.8 Å². The number of nitrogens with two attached hydrogens (primary N) is 1. The van der Waals surface area contributed by atoms with E-state index in [0.29, 0.717) is 18.5 Å². The zero-order valence-corrected chi connectivity index (χ0v) is 12.7. The first kappa shape index (κ1) is 13.7. The Morgan fingerprint density at radius 1 is 1.33 bits per heavy atom. The number of hydrogen-bond donors (Lipinski definition) is 2.